The molecule has 3 N–H and O–H groups in total. The van der Waals surface area contributed by atoms with Crippen molar-refractivity contribution < 1.29 is 13.2 Å². The van der Waals surface area contributed by atoms with Gasteiger partial charge in [0, 0.05) is 10.0 Å². The van der Waals surface area contributed by atoms with Crippen molar-refractivity contribution in [2.75, 3.05) is 11.5 Å². The SMILES string of the molecule is CCC(C)(C)NC(=O)CS(=O)(=O)c1cc(Br)ccc1N. The zero-order valence-electron chi connectivity index (χ0n) is 11.7. The fourth-order valence-corrected chi connectivity index (χ4v) is 3.35. The van der Waals surface area contributed by atoms with Crippen LogP contribution in [0.25, 0.3) is 0 Å². The maximum absolute atomic E-state index is 12.2. The zero-order valence-corrected chi connectivity index (χ0v) is 14.1. The summed E-state index contributed by atoms with van der Waals surface area (Å²) in [6.45, 7) is 5.59. The lowest BCUT2D eigenvalue weighted by Gasteiger charge is -2.24. The Kier molecular flexibility index (Phi) is 5.21. The molecule has 0 fully saturated rings. The molecule has 5 nitrogen and oxygen atoms in total. The fraction of sp³-hybridized carbons (Fsp3) is 0.462. The standard InChI is InChI=1S/C13H19BrN2O3S/c1-4-13(2,3)16-12(17)8-20(18,19)11-7-9(14)5-6-10(11)15/h5-7H,4,8,15H2,1-3H3,(H,16,17). The van der Waals surface area contributed by atoms with E-state index in [2.05, 4.69) is 21.2 Å². The van der Waals surface area contributed by atoms with Crippen LogP contribution in [0.2, 0.25) is 0 Å². The van der Waals surface area contributed by atoms with Crippen LogP contribution in [0.3, 0.4) is 0 Å². The maximum atomic E-state index is 12.2. The Hall–Kier alpha value is -1.08. The molecule has 0 aliphatic carbocycles. The van der Waals surface area contributed by atoms with Crippen molar-refractivity contribution in [2.45, 2.75) is 37.6 Å². The number of hydrogen-bond donors (Lipinski definition) is 2. The van der Waals surface area contributed by atoms with E-state index in [1.54, 1.807) is 6.07 Å². The minimum absolute atomic E-state index is 0.0312. The number of nitrogens with one attached hydrogen (secondary N) is 1. The number of nitrogens with two attached hydrogens (primary N) is 1. The molecule has 0 radical (unpaired) electrons. The lowest BCUT2D eigenvalue weighted by Crippen LogP contribution is -2.45. The number of nitrogen functional groups attached to an aromatic ring is 1. The Labute approximate surface area is 128 Å². The Morgan fingerprint density at radius 3 is 2.55 bits per heavy atom. The van der Waals surface area contributed by atoms with E-state index in [0.717, 1.165) is 0 Å². The van der Waals surface area contributed by atoms with Crippen molar-refractivity contribution >= 4 is 37.4 Å². The Morgan fingerprint density at radius 2 is 2.00 bits per heavy atom. The number of carbonyl (C=O) groups excluding carboxylic acids is 1. The van der Waals surface area contributed by atoms with E-state index < -0.39 is 27.0 Å². The second kappa shape index (κ2) is 6.13. The molecule has 0 aromatic heterocycles. The summed E-state index contributed by atoms with van der Waals surface area (Å²) < 4.78 is 25.1. The van der Waals surface area contributed by atoms with E-state index in [1.807, 2.05) is 20.8 Å². The molecule has 1 aromatic rings. The van der Waals surface area contributed by atoms with Gasteiger partial charge in [-0.05, 0) is 38.5 Å². The molecule has 112 valence electrons. The highest BCUT2D eigenvalue weighted by Crippen LogP contribution is 2.24. The van der Waals surface area contributed by atoms with Crippen LogP contribution >= 0.6 is 15.9 Å². The lowest BCUT2D eigenvalue weighted by atomic mass is 10.0. The van der Waals surface area contributed by atoms with Crippen molar-refractivity contribution in [1.29, 1.82) is 0 Å². The predicted molar refractivity (Wildman–Crippen MR) is 83.1 cm³/mol. The minimum Gasteiger partial charge on any atom is -0.398 e. The molecule has 0 aliphatic heterocycles. The number of amides is 1. The smallest absolute Gasteiger partial charge is 0.235 e. The first kappa shape index (κ1) is 17.0. The van der Waals surface area contributed by atoms with Crippen LogP contribution < -0.4 is 11.1 Å². The van der Waals surface area contributed by atoms with Crippen molar-refractivity contribution in [2.24, 2.45) is 0 Å². The molecule has 1 amide bonds. The fourth-order valence-electron chi connectivity index (χ4n) is 1.53. The molecule has 0 aliphatic rings. The van der Waals surface area contributed by atoms with Gasteiger partial charge >= 0.3 is 0 Å². The summed E-state index contributed by atoms with van der Waals surface area (Å²) in [5.74, 6) is -1.15. The van der Waals surface area contributed by atoms with Crippen LogP contribution in [0.1, 0.15) is 27.2 Å². The predicted octanol–water partition coefficient (Wildman–Crippen LogP) is 2.11. The first-order valence-corrected chi connectivity index (χ1v) is 8.61. The van der Waals surface area contributed by atoms with Gasteiger partial charge in [0.1, 0.15) is 5.75 Å². The molecule has 0 saturated heterocycles. The van der Waals surface area contributed by atoms with E-state index in [1.165, 1.54) is 12.1 Å². The van der Waals surface area contributed by atoms with Gasteiger partial charge in [0.25, 0.3) is 0 Å². The quantitative estimate of drug-likeness (QED) is 0.784. The van der Waals surface area contributed by atoms with Crippen molar-refractivity contribution in [1.82, 2.24) is 5.32 Å². The normalized spacial score (nSPS) is 12.2. The van der Waals surface area contributed by atoms with E-state index in [4.69, 9.17) is 5.73 Å². The molecular weight excluding hydrogens is 344 g/mol. The van der Waals surface area contributed by atoms with Gasteiger partial charge in [-0.3, -0.25) is 4.79 Å². The molecule has 0 heterocycles. The highest BCUT2D eigenvalue weighted by Gasteiger charge is 2.25. The maximum Gasteiger partial charge on any atom is 0.235 e. The highest BCUT2D eigenvalue weighted by atomic mass is 79.9. The van der Waals surface area contributed by atoms with Gasteiger partial charge < -0.3 is 11.1 Å². The van der Waals surface area contributed by atoms with E-state index in [9.17, 15) is 13.2 Å². The number of benzene rings is 1. The van der Waals surface area contributed by atoms with Gasteiger partial charge in [0.2, 0.25) is 5.91 Å². The number of anilines is 1. The molecule has 0 saturated carbocycles. The average molecular weight is 363 g/mol. The summed E-state index contributed by atoms with van der Waals surface area (Å²) in [6, 6.07) is 4.54. The number of rotatable bonds is 5. The summed E-state index contributed by atoms with van der Waals surface area (Å²) in [5.41, 5.74) is 5.37. The third-order valence-corrected chi connectivity index (χ3v) is 5.15. The molecular formula is C13H19BrN2O3S. The summed E-state index contributed by atoms with van der Waals surface area (Å²) in [5, 5.41) is 2.70. The zero-order chi connectivity index (χ0) is 15.6. The third kappa shape index (κ3) is 4.49. The second-order valence-electron chi connectivity index (χ2n) is 5.23. The number of sulfone groups is 1. The van der Waals surface area contributed by atoms with E-state index >= 15 is 0 Å². The van der Waals surface area contributed by atoms with Crippen LogP contribution in [0.15, 0.2) is 27.6 Å². The summed E-state index contributed by atoms with van der Waals surface area (Å²) >= 11 is 3.19. The third-order valence-electron chi connectivity index (χ3n) is 2.99. The average Bonchev–Trinajstić information content (AvgIpc) is 2.30. The van der Waals surface area contributed by atoms with Crippen molar-refractivity contribution in [3.8, 4) is 0 Å². The second-order valence-corrected chi connectivity index (χ2v) is 8.10. The highest BCUT2D eigenvalue weighted by molar-refractivity contribution is 9.10. The monoisotopic (exact) mass is 362 g/mol. The largest absolute Gasteiger partial charge is 0.398 e. The molecule has 0 atom stereocenters. The summed E-state index contributed by atoms with van der Waals surface area (Å²) in [7, 11) is -3.76. The summed E-state index contributed by atoms with van der Waals surface area (Å²) in [6.07, 6.45) is 0.706. The number of hydrogen-bond acceptors (Lipinski definition) is 4. The van der Waals surface area contributed by atoms with Gasteiger partial charge in [-0.15, -0.1) is 0 Å². The van der Waals surface area contributed by atoms with Gasteiger partial charge in [0.15, 0.2) is 9.84 Å². The van der Waals surface area contributed by atoms with E-state index in [0.29, 0.717) is 10.9 Å². The minimum atomic E-state index is -3.76. The van der Waals surface area contributed by atoms with Crippen LogP contribution in [0.5, 0.6) is 0 Å². The van der Waals surface area contributed by atoms with Crippen molar-refractivity contribution in [3.63, 3.8) is 0 Å². The van der Waals surface area contributed by atoms with Gasteiger partial charge in [-0.2, -0.15) is 0 Å². The van der Waals surface area contributed by atoms with Gasteiger partial charge in [0.05, 0.1) is 10.6 Å². The van der Waals surface area contributed by atoms with Crippen LogP contribution in [0, 0.1) is 0 Å². The van der Waals surface area contributed by atoms with Crippen LogP contribution in [-0.4, -0.2) is 25.6 Å². The molecule has 1 rings (SSSR count). The number of carbonyl (C=O) groups is 1. The first-order valence-electron chi connectivity index (χ1n) is 6.16. The molecule has 0 unspecified atom stereocenters. The Balaban J connectivity index is 2.96. The molecule has 1 aromatic carbocycles. The number of halogens is 1. The topological polar surface area (TPSA) is 89.3 Å². The van der Waals surface area contributed by atoms with Gasteiger partial charge in [-0.1, -0.05) is 22.9 Å². The first-order chi connectivity index (χ1) is 9.07. The molecule has 0 bridgehead atoms. The molecule has 20 heavy (non-hydrogen) atoms. The van der Waals surface area contributed by atoms with Gasteiger partial charge in [-0.25, -0.2) is 8.42 Å². The Bertz CT molecular complexity index is 612. The van der Waals surface area contributed by atoms with E-state index in [-0.39, 0.29) is 10.6 Å². The van der Waals surface area contributed by atoms with Crippen molar-refractivity contribution in [3.05, 3.63) is 22.7 Å². The summed E-state index contributed by atoms with van der Waals surface area (Å²) in [4.78, 5) is 11.8. The lowest BCUT2D eigenvalue weighted by molar-refractivity contribution is -0.120. The van der Waals surface area contributed by atoms with Crippen LogP contribution in [0.4, 0.5) is 5.69 Å². The molecule has 7 heteroatoms. The molecule has 0 spiro atoms. The van der Waals surface area contributed by atoms with Crippen LogP contribution in [-0.2, 0) is 14.6 Å². The Morgan fingerprint density at radius 1 is 1.40 bits per heavy atom.